The summed E-state index contributed by atoms with van der Waals surface area (Å²) >= 11 is 0. The van der Waals surface area contributed by atoms with Crippen LogP contribution >= 0.6 is 0 Å². The molecule has 0 spiro atoms. The molecule has 0 fully saturated rings. The van der Waals surface area contributed by atoms with Gasteiger partial charge in [0, 0.05) is 19.0 Å². The minimum atomic E-state index is -0.956. The molecule has 0 rings (SSSR count). The summed E-state index contributed by atoms with van der Waals surface area (Å²) in [7, 11) is 1.12. The molecule has 0 aliphatic rings. The monoisotopic (exact) mass is 230 g/mol. The van der Waals surface area contributed by atoms with E-state index in [0.717, 1.165) is 13.5 Å². The van der Waals surface area contributed by atoms with Gasteiger partial charge in [-0.05, 0) is 13.3 Å². The molecular weight excluding hydrogens is 212 g/mol. The van der Waals surface area contributed by atoms with Crippen molar-refractivity contribution in [3.8, 4) is 0 Å². The Balaban J connectivity index is 3.70. The fourth-order valence-corrected chi connectivity index (χ4v) is 0.903. The lowest BCUT2D eigenvalue weighted by atomic mass is 10.2. The molecule has 0 heterocycles. The van der Waals surface area contributed by atoms with E-state index in [1.807, 2.05) is 13.8 Å². The van der Waals surface area contributed by atoms with Crippen LogP contribution in [0.1, 0.15) is 26.7 Å². The molecule has 0 saturated heterocycles. The summed E-state index contributed by atoms with van der Waals surface area (Å²) in [6, 6.07) is 0.115. The predicted octanol–water partition coefficient (Wildman–Crippen LogP) is -0.420. The molecule has 6 heteroatoms. The first-order valence-corrected chi connectivity index (χ1v) is 5.16. The van der Waals surface area contributed by atoms with Gasteiger partial charge in [-0.1, -0.05) is 6.92 Å². The van der Waals surface area contributed by atoms with Crippen molar-refractivity contribution in [3.63, 3.8) is 0 Å². The van der Waals surface area contributed by atoms with Crippen molar-refractivity contribution in [1.82, 2.24) is 10.6 Å². The van der Waals surface area contributed by atoms with Gasteiger partial charge in [-0.3, -0.25) is 9.59 Å². The zero-order chi connectivity index (χ0) is 12.6. The Morgan fingerprint density at radius 1 is 1.31 bits per heavy atom. The summed E-state index contributed by atoms with van der Waals surface area (Å²) < 4.78 is 4.20. The van der Waals surface area contributed by atoms with Gasteiger partial charge in [-0.2, -0.15) is 0 Å². The Morgan fingerprint density at radius 2 is 1.94 bits per heavy atom. The van der Waals surface area contributed by atoms with Gasteiger partial charge in [-0.25, -0.2) is 4.79 Å². The first kappa shape index (κ1) is 14.4. The third-order valence-corrected chi connectivity index (χ3v) is 2.03. The summed E-state index contributed by atoms with van der Waals surface area (Å²) in [5.41, 5.74) is 0. The van der Waals surface area contributed by atoms with Gasteiger partial charge >= 0.3 is 11.9 Å². The number of carbonyl (C=O) groups is 3. The van der Waals surface area contributed by atoms with Crippen molar-refractivity contribution >= 4 is 17.8 Å². The highest BCUT2D eigenvalue weighted by Crippen LogP contribution is 1.89. The maximum Gasteiger partial charge on any atom is 0.396 e. The third kappa shape index (κ3) is 6.00. The summed E-state index contributed by atoms with van der Waals surface area (Å²) in [6.45, 7) is 3.98. The highest BCUT2D eigenvalue weighted by molar-refractivity contribution is 6.32. The van der Waals surface area contributed by atoms with E-state index in [2.05, 4.69) is 15.4 Å². The average Bonchev–Trinajstić information content (AvgIpc) is 2.27. The Kier molecular flexibility index (Phi) is 6.91. The molecular formula is C10H18N2O4. The number of methoxy groups -OCH3 is 1. The Hall–Kier alpha value is -1.59. The van der Waals surface area contributed by atoms with Crippen molar-refractivity contribution in [2.24, 2.45) is 0 Å². The molecule has 1 unspecified atom stereocenters. The van der Waals surface area contributed by atoms with E-state index < -0.39 is 11.9 Å². The van der Waals surface area contributed by atoms with Crippen LogP contribution in [0.4, 0.5) is 0 Å². The maximum absolute atomic E-state index is 11.3. The van der Waals surface area contributed by atoms with E-state index in [0.29, 0.717) is 0 Å². The molecule has 2 N–H and O–H groups in total. The molecule has 0 radical (unpaired) electrons. The van der Waals surface area contributed by atoms with Crippen LogP contribution in [0.3, 0.4) is 0 Å². The van der Waals surface area contributed by atoms with Gasteiger partial charge in [0.15, 0.2) is 0 Å². The summed E-state index contributed by atoms with van der Waals surface area (Å²) in [4.78, 5) is 32.8. The second kappa shape index (κ2) is 7.67. The van der Waals surface area contributed by atoms with Crippen LogP contribution in [0.5, 0.6) is 0 Å². The number of nitrogens with one attached hydrogen (secondary N) is 2. The minimum Gasteiger partial charge on any atom is -0.462 e. The lowest BCUT2D eigenvalue weighted by Gasteiger charge is -2.11. The highest BCUT2D eigenvalue weighted by atomic mass is 16.5. The zero-order valence-corrected chi connectivity index (χ0v) is 9.83. The Labute approximate surface area is 94.7 Å². The molecule has 0 aromatic carbocycles. The summed E-state index contributed by atoms with van der Waals surface area (Å²) in [5, 5.41) is 5.02. The lowest BCUT2D eigenvalue weighted by molar-refractivity contribution is -0.152. The number of amides is 2. The SMILES string of the molecule is CCC(C)NC(=O)CCNC(=O)C(=O)OC. The second-order valence-electron chi connectivity index (χ2n) is 3.37. The van der Waals surface area contributed by atoms with Crippen molar-refractivity contribution in [3.05, 3.63) is 0 Å². The minimum absolute atomic E-state index is 0.115. The normalized spacial score (nSPS) is 11.4. The fourth-order valence-electron chi connectivity index (χ4n) is 0.903. The number of esters is 1. The van der Waals surface area contributed by atoms with Crippen LogP contribution in [-0.4, -0.2) is 37.5 Å². The van der Waals surface area contributed by atoms with Crippen LogP contribution in [0.2, 0.25) is 0 Å². The van der Waals surface area contributed by atoms with Gasteiger partial charge < -0.3 is 15.4 Å². The molecule has 0 aromatic rings. The van der Waals surface area contributed by atoms with Crippen LogP contribution in [0.15, 0.2) is 0 Å². The standard InChI is InChI=1S/C10H18N2O4/c1-4-7(2)12-8(13)5-6-11-9(14)10(15)16-3/h7H,4-6H2,1-3H3,(H,11,14)(H,12,13). The van der Waals surface area contributed by atoms with Crippen molar-refractivity contribution in [1.29, 1.82) is 0 Å². The maximum atomic E-state index is 11.3. The molecule has 0 aliphatic heterocycles. The first-order valence-electron chi connectivity index (χ1n) is 5.16. The molecule has 6 nitrogen and oxygen atoms in total. The quantitative estimate of drug-likeness (QED) is 0.496. The molecule has 1 atom stereocenters. The number of rotatable bonds is 5. The third-order valence-electron chi connectivity index (χ3n) is 2.03. The van der Waals surface area contributed by atoms with Gasteiger partial charge in [0.25, 0.3) is 0 Å². The number of ether oxygens (including phenoxy) is 1. The highest BCUT2D eigenvalue weighted by Gasteiger charge is 2.13. The average molecular weight is 230 g/mol. The number of carbonyl (C=O) groups excluding carboxylic acids is 3. The Bertz CT molecular complexity index is 266. The van der Waals surface area contributed by atoms with Crippen LogP contribution < -0.4 is 10.6 Å². The summed E-state index contributed by atoms with van der Waals surface area (Å²) in [5.74, 6) is -1.94. The van der Waals surface area contributed by atoms with E-state index in [-0.39, 0.29) is 24.9 Å². The zero-order valence-electron chi connectivity index (χ0n) is 9.83. The van der Waals surface area contributed by atoms with Gasteiger partial charge in [-0.15, -0.1) is 0 Å². The Morgan fingerprint density at radius 3 is 2.44 bits per heavy atom. The van der Waals surface area contributed by atoms with E-state index in [1.165, 1.54) is 0 Å². The van der Waals surface area contributed by atoms with Gasteiger partial charge in [0.05, 0.1) is 7.11 Å². The molecule has 0 bridgehead atoms. The first-order chi connectivity index (χ1) is 7.51. The molecule has 92 valence electrons. The predicted molar refractivity (Wildman–Crippen MR) is 57.5 cm³/mol. The van der Waals surface area contributed by atoms with E-state index in [9.17, 15) is 14.4 Å². The van der Waals surface area contributed by atoms with Crippen LogP contribution in [0.25, 0.3) is 0 Å². The van der Waals surface area contributed by atoms with Crippen LogP contribution in [0, 0.1) is 0 Å². The topological polar surface area (TPSA) is 84.5 Å². The van der Waals surface area contributed by atoms with E-state index in [4.69, 9.17) is 0 Å². The van der Waals surface area contributed by atoms with Crippen molar-refractivity contribution in [2.45, 2.75) is 32.7 Å². The van der Waals surface area contributed by atoms with Crippen molar-refractivity contribution in [2.75, 3.05) is 13.7 Å². The van der Waals surface area contributed by atoms with Gasteiger partial charge in [0.2, 0.25) is 5.91 Å². The fraction of sp³-hybridized carbons (Fsp3) is 0.700. The van der Waals surface area contributed by atoms with Crippen molar-refractivity contribution < 1.29 is 19.1 Å². The van der Waals surface area contributed by atoms with Gasteiger partial charge in [0.1, 0.15) is 0 Å². The van der Waals surface area contributed by atoms with E-state index in [1.54, 1.807) is 0 Å². The van der Waals surface area contributed by atoms with E-state index >= 15 is 0 Å². The molecule has 16 heavy (non-hydrogen) atoms. The number of hydrogen-bond acceptors (Lipinski definition) is 4. The summed E-state index contributed by atoms with van der Waals surface area (Å²) in [6.07, 6.45) is 0.993. The van der Waals surface area contributed by atoms with Crippen LogP contribution in [-0.2, 0) is 19.1 Å². The molecule has 0 aromatic heterocycles. The smallest absolute Gasteiger partial charge is 0.396 e. The molecule has 0 saturated carbocycles. The largest absolute Gasteiger partial charge is 0.462 e. The molecule has 2 amide bonds. The second-order valence-corrected chi connectivity index (χ2v) is 3.37. The molecule has 0 aliphatic carbocycles. The lowest BCUT2D eigenvalue weighted by Crippen LogP contribution is -2.37. The number of hydrogen-bond donors (Lipinski definition) is 2.